The van der Waals surface area contributed by atoms with E-state index in [0.717, 1.165) is 48.5 Å². The van der Waals surface area contributed by atoms with Crippen LogP contribution in [0.25, 0.3) is 0 Å². The van der Waals surface area contributed by atoms with Gasteiger partial charge in [-0.3, -0.25) is 14.2 Å². The Balaban J connectivity index is 1.38. The summed E-state index contributed by atoms with van der Waals surface area (Å²) in [6.07, 6.45) is 3.54. The van der Waals surface area contributed by atoms with E-state index < -0.39 is 0 Å². The number of aryl methyl sites for hydroxylation is 2. The molecule has 0 spiro atoms. The van der Waals surface area contributed by atoms with Gasteiger partial charge in [-0.1, -0.05) is 67.2 Å². The number of fused-ring (bicyclic) bond motifs is 2. The summed E-state index contributed by atoms with van der Waals surface area (Å²) >= 11 is 3.01. The standard InChI is InChI=1S/C26H27N3O2S2/c1-18-16-21-24(33-18)25(31)29(15-13-19-8-3-2-4-9-19)26(27-21)32-17-23(30)28-14-7-11-20-10-5-6-12-22(20)28/h2-6,8-10,12,18H,7,11,13-17H2,1H3/t18-/m1/s1. The zero-order valence-corrected chi connectivity index (χ0v) is 20.3. The van der Waals surface area contributed by atoms with Gasteiger partial charge in [0.05, 0.1) is 16.3 Å². The van der Waals surface area contributed by atoms with E-state index in [2.05, 4.69) is 25.1 Å². The Morgan fingerprint density at radius 3 is 2.79 bits per heavy atom. The molecule has 3 heterocycles. The maximum absolute atomic E-state index is 13.4. The van der Waals surface area contributed by atoms with Gasteiger partial charge in [0.1, 0.15) is 0 Å². The maximum atomic E-state index is 13.4. The van der Waals surface area contributed by atoms with Crippen LogP contribution in [0.5, 0.6) is 0 Å². The minimum Gasteiger partial charge on any atom is -0.311 e. The first-order valence-electron chi connectivity index (χ1n) is 11.5. The van der Waals surface area contributed by atoms with Crippen molar-refractivity contribution >= 4 is 35.1 Å². The van der Waals surface area contributed by atoms with Gasteiger partial charge in [-0.05, 0) is 36.5 Å². The molecule has 170 valence electrons. The van der Waals surface area contributed by atoms with Crippen LogP contribution in [0.2, 0.25) is 0 Å². The van der Waals surface area contributed by atoms with Gasteiger partial charge < -0.3 is 4.90 Å². The molecule has 7 heteroatoms. The summed E-state index contributed by atoms with van der Waals surface area (Å²) in [4.78, 5) is 34.1. The molecule has 0 bridgehead atoms. The normalized spacial score (nSPS) is 17.0. The summed E-state index contributed by atoms with van der Waals surface area (Å²) in [6.45, 7) is 3.42. The Morgan fingerprint density at radius 2 is 1.94 bits per heavy atom. The molecule has 0 saturated heterocycles. The van der Waals surface area contributed by atoms with Crippen LogP contribution < -0.4 is 10.5 Å². The van der Waals surface area contributed by atoms with Crippen molar-refractivity contribution in [3.63, 3.8) is 0 Å². The third-order valence-electron chi connectivity index (χ3n) is 6.17. The molecule has 5 nitrogen and oxygen atoms in total. The highest BCUT2D eigenvalue weighted by atomic mass is 32.2. The second-order valence-electron chi connectivity index (χ2n) is 8.56. The SMILES string of the molecule is C[C@@H]1Cc2nc(SCC(=O)N3CCCc4ccccc43)n(CCc3ccccc3)c(=O)c2S1. The quantitative estimate of drug-likeness (QED) is 0.384. The number of aromatic nitrogens is 2. The number of para-hydroxylation sites is 1. The number of carbonyl (C=O) groups excluding carboxylic acids is 1. The van der Waals surface area contributed by atoms with E-state index in [4.69, 9.17) is 4.98 Å². The molecule has 0 unspecified atom stereocenters. The van der Waals surface area contributed by atoms with E-state index >= 15 is 0 Å². The number of anilines is 1. The van der Waals surface area contributed by atoms with E-state index in [1.165, 1.54) is 22.9 Å². The molecule has 1 atom stereocenters. The van der Waals surface area contributed by atoms with Gasteiger partial charge in [-0.2, -0.15) is 0 Å². The molecule has 1 aromatic heterocycles. The molecule has 0 saturated carbocycles. The third kappa shape index (κ3) is 4.75. The van der Waals surface area contributed by atoms with Crippen molar-refractivity contribution in [1.29, 1.82) is 0 Å². The van der Waals surface area contributed by atoms with Crippen molar-refractivity contribution in [2.24, 2.45) is 0 Å². The zero-order valence-electron chi connectivity index (χ0n) is 18.7. The van der Waals surface area contributed by atoms with Gasteiger partial charge >= 0.3 is 0 Å². The van der Waals surface area contributed by atoms with Crippen LogP contribution in [0.3, 0.4) is 0 Å². The lowest BCUT2D eigenvalue weighted by Gasteiger charge is -2.29. The summed E-state index contributed by atoms with van der Waals surface area (Å²) in [5.41, 5.74) is 4.34. The molecular formula is C26H27N3O2S2. The fourth-order valence-corrected chi connectivity index (χ4v) is 6.55. The fraction of sp³-hybridized carbons (Fsp3) is 0.346. The van der Waals surface area contributed by atoms with Crippen LogP contribution in [0.1, 0.15) is 30.2 Å². The first-order chi connectivity index (χ1) is 16.1. The molecule has 2 aliphatic heterocycles. The highest BCUT2D eigenvalue weighted by molar-refractivity contribution is 8.00. The Hall–Kier alpha value is -2.51. The third-order valence-corrected chi connectivity index (χ3v) is 8.34. The molecule has 2 aromatic carbocycles. The molecule has 0 N–H and O–H groups in total. The monoisotopic (exact) mass is 477 g/mol. The number of thioether (sulfide) groups is 2. The van der Waals surface area contributed by atoms with Crippen molar-refractivity contribution < 1.29 is 4.79 Å². The number of benzene rings is 2. The smallest absolute Gasteiger partial charge is 0.268 e. The number of hydrogen-bond donors (Lipinski definition) is 0. The van der Waals surface area contributed by atoms with Gasteiger partial charge in [-0.25, -0.2) is 4.98 Å². The average molecular weight is 478 g/mol. The van der Waals surface area contributed by atoms with Crippen molar-refractivity contribution in [3.05, 3.63) is 81.8 Å². The molecule has 0 fully saturated rings. The second-order valence-corrected chi connectivity index (χ2v) is 11.0. The van der Waals surface area contributed by atoms with Gasteiger partial charge in [0.25, 0.3) is 5.56 Å². The van der Waals surface area contributed by atoms with Gasteiger partial charge in [0, 0.05) is 30.4 Å². The minimum absolute atomic E-state index is 0.0311. The number of nitrogens with zero attached hydrogens (tertiary/aromatic N) is 3. The first-order valence-corrected chi connectivity index (χ1v) is 13.3. The molecule has 3 aromatic rings. The predicted octanol–water partition coefficient (Wildman–Crippen LogP) is 4.59. The van der Waals surface area contributed by atoms with E-state index in [1.807, 2.05) is 41.3 Å². The number of carbonyl (C=O) groups is 1. The number of hydrogen-bond acceptors (Lipinski definition) is 5. The molecule has 1 amide bonds. The van der Waals surface area contributed by atoms with Crippen molar-refractivity contribution in [1.82, 2.24) is 9.55 Å². The Bertz CT molecular complexity index is 1230. The van der Waals surface area contributed by atoms with Gasteiger partial charge in [0.2, 0.25) is 5.91 Å². The lowest BCUT2D eigenvalue weighted by atomic mass is 10.0. The van der Waals surface area contributed by atoms with Gasteiger partial charge in [0.15, 0.2) is 5.16 Å². The Kier molecular flexibility index (Phi) is 6.60. The van der Waals surface area contributed by atoms with Gasteiger partial charge in [-0.15, -0.1) is 11.8 Å². The van der Waals surface area contributed by atoms with Crippen LogP contribution in [0.15, 0.2) is 69.4 Å². The molecule has 0 radical (unpaired) electrons. The van der Waals surface area contributed by atoms with Crippen LogP contribution >= 0.6 is 23.5 Å². The van der Waals surface area contributed by atoms with Crippen molar-refractivity contribution in [2.75, 3.05) is 17.2 Å². The topological polar surface area (TPSA) is 55.2 Å². The molecular weight excluding hydrogens is 450 g/mol. The number of rotatable bonds is 6. The molecule has 5 rings (SSSR count). The summed E-state index contributed by atoms with van der Waals surface area (Å²) in [6, 6.07) is 18.3. The highest BCUT2D eigenvalue weighted by Gasteiger charge is 2.27. The Labute approximate surface area is 202 Å². The Morgan fingerprint density at radius 1 is 1.15 bits per heavy atom. The number of amides is 1. The summed E-state index contributed by atoms with van der Waals surface area (Å²) < 4.78 is 1.78. The van der Waals surface area contributed by atoms with Crippen LogP contribution in [-0.2, 0) is 30.6 Å². The van der Waals surface area contributed by atoms with Crippen molar-refractivity contribution in [2.45, 2.75) is 54.5 Å². The summed E-state index contributed by atoms with van der Waals surface area (Å²) in [5.74, 6) is 0.340. The molecule has 0 aliphatic carbocycles. The molecule has 2 aliphatic rings. The predicted molar refractivity (Wildman–Crippen MR) is 136 cm³/mol. The van der Waals surface area contributed by atoms with E-state index in [-0.39, 0.29) is 17.2 Å². The van der Waals surface area contributed by atoms with Crippen LogP contribution in [0.4, 0.5) is 5.69 Å². The van der Waals surface area contributed by atoms with E-state index in [1.54, 1.807) is 16.3 Å². The lowest BCUT2D eigenvalue weighted by molar-refractivity contribution is -0.116. The summed E-state index contributed by atoms with van der Waals surface area (Å²) in [7, 11) is 0. The first kappa shape index (κ1) is 22.3. The van der Waals surface area contributed by atoms with Crippen molar-refractivity contribution in [3.8, 4) is 0 Å². The molecule has 33 heavy (non-hydrogen) atoms. The second kappa shape index (κ2) is 9.77. The van der Waals surface area contributed by atoms with Crippen LogP contribution in [0, 0.1) is 0 Å². The van der Waals surface area contributed by atoms with E-state index in [9.17, 15) is 9.59 Å². The minimum atomic E-state index is 0.0311. The highest BCUT2D eigenvalue weighted by Crippen LogP contribution is 2.34. The average Bonchev–Trinajstić information content (AvgIpc) is 3.23. The summed E-state index contributed by atoms with van der Waals surface area (Å²) in [5, 5.41) is 1.01. The lowest BCUT2D eigenvalue weighted by Crippen LogP contribution is -2.37. The largest absolute Gasteiger partial charge is 0.311 e. The van der Waals surface area contributed by atoms with E-state index in [0.29, 0.717) is 17.0 Å². The fourth-order valence-electron chi connectivity index (χ4n) is 4.52. The zero-order chi connectivity index (χ0) is 22.8. The van der Waals surface area contributed by atoms with Crippen LogP contribution in [-0.4, -0.2) is 33.0 Å². The maximum Gasteiger partial charge on any atom is 0.268 e.